The molecule has 2 heterocycles. The molecule has 2 amide bonds. The Morgan fingerprint density at radius 3 is 2.11 bits per heavy atom. The lowest BCUT2D eigenvalue weighted by Crippen LogP contribution is -2.41. The first-order valence-electron chi connectivity index (χ1n) is 11.5. The number of hydrogen-bond acceptors (Lipinski definition) is 3. The molecule has 2 aromatic rings. The van der Waals surface area contributed by atoms with Crippen molar-refractivity contribution in [2.45, 2.75) is 39.0 Å². The first kappa shape index (κ1) is 27.1. The van der Waals surface area contributed by atoms with E-state index in [-0.39, 0.29) is 24.9 Å². The number of amides is 2. The third-order valence-electron chi connectivity index (χ3n) is 6.75. The zero-order chi connectivity index (χ0) is 27.2. The maximum Gasteiger partial charge on any atom is 0.416 e. The summed E-state index contributed by atoms with van der Waals surface area (Å²) < 4.78 is 80.2. The zero-order valence-corrected chi connectivity index (χ0v) is 20.8. The van der Waals surface area contributed by atoms with Crippen LogP contribution in [0.2, 0.25) is 0 Å². The molecule has 37 heavy (non-hydrogen) atoms. The number of nitrogens with zero attached hydrogens (tertiary/aromatic N) is 1. The lowest BCUT2D eigenvalue weighted by molar-refractivity contribution is -0.143. The van der Waals surface area contributed by atoms with Crippen LogP contribution in [0, 0.1) is 19.3 Å². The Bertz CT molecular complexity index is 1220. The average Bonchev–Trinajstić information content (AvgIpc) is 3.16. The number of hydrogen-bond donors (Lipinski definition) is 1. The van der Waals surface area contributed by atoms with Crippen molar-refractivity contribution in [1.82, 2.24) is 0 Å². The van der Waals surface area contributed by atoms with Crippen LogP contribution < -0.4 is 10.2 Å². The summed E-state index contributed by atoms with van der Waals surface area (Å²) >= 11 is 1.63. The van der Waals surface area contributed by atoms with Gasteiger partial charge in [-0.1, -0.05) is 29.8 Å². The number of benzene rings is 2. The minimum absolute atomic E-state index is 0.00803. The van der Waals surface area contributed by atoms with Crippen LogP contribution in [0.4, 0.5) is 37.7 Å². The summed E-state index contributed by atoms with van der Waals surface area (Å²) in [6, 6.07) is 6.45. The molecular weight excluding hydrogens is 518 g/mol. The van der Waals surface area contributed by atoms with Gasteiger partial charge in [0.15, 0.2) is 0 Å². The third-order valence-corrected chi connectivity index (χ3v) is 7.64. The quantitative estimate of drug-likeness (QED) is 0.343. The summed E-state index contributed by atoms with van der Waals surface area (Å²) in [5.41, 5.74) is -2.19. The van der Waals surface area contributed by atoms with Gasteiger partial charge in [-0.05, 0) is 55.3 Å². The van der Waals surface area contributed by atoms with E-state index in [2.05, 4.69) is 5.32 Å². The van der Waals surface area contributed by atoms with Gasteiger partial charge in [0.05, 0.1) is 16.5 Å². The van der Waals surface area contributed by atoms with Crippen LogP contribution in [-0.2, 0) is 21.9 Å². The number of nitrogens with one attached hydrogen (secondary N) is 1. The van der Waals surface area contributed by atoms with E-state index >= 15 is 0 Å². The maximum atomic E-state index is 13.8. The molecule has 4 rings (SSSR count). The van der Waals surface area contributed by atoms with Crippen molar-refractivity contribution in [3.8, 4) is 0 Å². The molecule has 0 radical (unpaired) electrons. The lowest BCUT2D eigenvalue weighted by Gasteiger charge is -2.33. The topological polar surface area (TPSA) is 49.4 Å². The zero-order valence-electron chi connectivity index (χ0n) is 20.0. The second kappa shape index (κ2) is 9.74. The highest BCUT2D eigenvalue weighted by atomic mass is 32.2. The summed E-state index contributed by atoms with van der Waals surface area (Å²) in [6.07, 6.45) is -8.03. The maximum absolute atomic E-state index is 13.8. The lowest BCUT2D eigenvalue weighted by atomic mass is 9.76. The number of aryl methyl sites for hydroxylation is 2. The Hall–Kier alpha value is -2.95. The van der Waals surface area contributed by atoms with Crippen molar-refractivity contribution in [1.29, 1.82) is 0 Å². The van der Waals surface area contributed by atoms with Gasteiger partial charge >= 0.3 is 12.4 Å². The number of anilines is 2. The van der Waals surface area contributed by atoms with Crippen molar-refractivity contribution >= 4 is 35.0 Å². The molecule has 2 aliphatic heterocycles. The minimum atomic E-state index is -5.05. The highest BCUT2D eigenvalue weighted by Gasteiger charge is 2.52. The highest BCUT2D eigenvalue weighted by molar-refractivity contribution is 7.99. The summed E-state index contributed by atoms with van der Waals surface area (Å²) in [4.78, 5) is 28.5. The summed E-state index contributed by atoms with van der Waals surface area (Å²) in [5.74, 6) is 0.121. The Labute approximate surface area is 214 Å². The van der Waals surface area contributed by atoms with Crippen molar-refractivity contribution in [3.63, 3.8) is 0 Å². The van der Waals surface area contributed by atoms with Crippen LogP contribution in [0.25, 0.3) is 0 Å². The number of para-hydroxylation sites is 1. The first-order valence-corrected chi connectivity index (χ1v) is 12.6. The molecule has 1 atom stereocenters. The molecule has 0 bridgehead atoms. The first-order chi connectivity index (χ1) is 17.2. The van der Waals surface area contributed by atoms with Gasteiger partial charge < -0.3 is 10.2 Å². The molecule has 0 spiro atoms. The molecule has 1 N–H and O–H groups in total. The van der Waals surface area contributed by atoms with Gasteiger partial charge in [-0.2, -0.15) is 38.1 Å². The van der Waals surface area contributed by atoms with E-state index in [1.54, 1.807) is 11.8 Å². The van der Waals surface area contributed by atoms with Gasteiger partial charge in [-0.25, -0.2) is 0 Å². The van der Waals surface area contributed by atoms with Crippen LogP contribution >= 0.6 is 11.8 Å². The van der Waals surface area contributed by atoms with E-state index in [9.17, 15) is 35.9 Å². The monoisotopic (exact) mass is 542 g/mol. The van der Waals surface area contributed by atoms with Crippen LogP contribution in [0.5, 0.6) is 0 Å². The van der Waals surface area contributed by atoms with E-state index in [0.29, 0.717) is 41.3 Å². The smallest absolute Gasteiger partial charge is 0.325 e. The predicted molar refractivity (Wildman–Crippen MR) is 130 cm³/mol. The number of carbonyl (C=O) groups is 2. The Morgan fingerprint density at radius 2 is 1.59 bits per heavy atom. The molecule has 1 unspecified atom stereocenters. The standard InChI is InChI=1S/C26H24F6N2O2S/c1-15-4-3-5-16(2)22(15)34-14-24(13-21(34)35,17-6-8-37-9-7-17)23(36)33-20-11-18(25(27,28)29)10-19(12-20)26(30,31)32/h3-6,10-12H,7-9,13-14H2,1-2H3,(H,33,36). The molecule has 1 fully saturated rings. The van der Waals surface area contributed by atoms with E-state index < -0.39 is 40.5 Å². The molecule has 2 aromatic carbocycles. The third kappa shape index (κ3) is 5.37. The van der Waals surface area contributed by atoms with Crippen molar-refractivity contribution in [3.05, 3.63) is 70.3 Å². The van der Waals surface area contributed by atoms with E-state index in [0.717, 1.165) is 11.1 Å². The number of rotatable bonds is 4. The fourth-order valence-corrected chi connectivity index (χ4v) is 5.81. The fraction of sp³-hybridized carbons (Fsp3) is 0.385. The second-order valence-electron chi connectivity index (χ2n) is 9.28. The van der Waals surface area contributed by atoms with Gasteiger partial charge in [0.1, 0.15) is 0 Å². The molecule has 0 aliphatic carbocycles. The summed E-state index contributed by atoms with van der Waals surface area (Å²) in [7, 11) is 0. The van der Waals surface area contributed by atoms with Gasteiger partial charge in [-0.15, -0.1) is 0 Å². The van der Waals surface area contributed by atoms with Crippen molar-refractivity contribution in [2.24, 2.45) is 5.41 Å². The van der Waals surface area contributed by atoms with E-state index in [1.165, 1.54) is 4.90 Å². The molecule has 11 heteroatoms. The van der Waals surface area contributed by atoms with Crippen molar-refractivity contribution in [2.75, 3.05) is 28.3 Å². The average molecular weight is 543 g/mol. The number of thioether (sulfide) groups is 1. The molecule has 0 aromatic heterocycles. The Kier molecular flexibility index (Phi) is 7.13. The molecule has 0 saturated carbocycles. The SMILES string of the molecule is Cc1cccc(C)c1N1CC(C(=O)Nc2cc(C(F)(F)F)cc(C(F)(F)F)c2)(C2=CCSCC2)CC1=O. The normalized spacial score (nSPS) is 20.7. The molecule has 2 aliphatic rings. The second-order valence-corrected chi connectivity index (χ2v) is 10.4. The van der Waals surface area contributed by atoms with Gasteiger partial charge in [0.25, 0.3) is 0 Å². The number of alkyl halides is 6. The van der Waals surface area contributed by atoms with Gasteiger partial charge in [0.2, 0.25) is 11.8 Å². The predicted octanol–water partition coefficient (Wildman–Crippen LogP) is 6.77. The molecular formula is C26H24F6N2O2S. The van der Waals surface area contributed by atoms with Crippen LogP contribution in [0.1, 0.15) is 35.1 Å². The Morgan fingerprint density at radius 1 is 1.00 bits per heavy atom. The van der Waals surface area contributed by atoms with E-state index in [1.807, 2.05) is 38.1 Å². The fourth-order valence-electron chi connectivity index (χ4n) is 4.96. The highest BCUT2D eigenvalue weighted by Crippen LogP contribution is 2.46. The Balaban J connectivity index is 1.77. The molecule has 4 nitrogen and oxygen atoms in total. The van der Waals surface area contributed by atoms with Gasteiger partial charge in [0, 0.05) is 30.1 Å². The number of halogens is 6. The van der Waals surface area contributed by atoms with E-state index in [4.69, 9.17) is 0 Å². The van der Waals surface area contributed by atoms with Crippen molar-refractivity contribution < 1.29 is 35.9 Å². The summed E-state index contributed by atoms with van der Waals surface area (Å²) in [6.45, 7) is 3.59. The largest absolute Gasteiger partial charge is 0.416 e. The summed E-state index contributed by atoms with van der Waals surface area (Å²) in [5, 5.41) is 2.30. The molecule has 198 valence electrons. The minimum Gasteiger partial charge on any atom is -0.325 e. The van der Waals surface area contributed by atoms with Crippen LogP contribution in [-0.4, -0.2) is 29.9 Å². The number of carbonyl (C=O) groups excluding carboxylic acids is 2. The molecule has 1 saturated heterocycles. The van der Waals surface area contributed by atoms with Crippen LogP contribution in [0.3, 0.4) is 0 Å². The van der Waals surface area contributed by atoms with Gasteiger partial charge in [-0.3, -0.25) is 9.59 Å². The van der Waals surface area contributed by atoms with Crippen LogP contribution in [0.15, 0.2) is 48.0 Å².